The molecule has 4 nitrogen and oxygen atoms in total. The van der Waals surface area contributed by atoms with Gasteiger partial charge < -0.3 is 10.0 Å². The van der Waals surface area contributed by atoms with Gasteiger partial charge in [0.25, 0.3) is 0 Å². The van der Waals surface area contributed by atoms with Gasteiger partial charge in [-0.3, -0.25) is 9.69 Å². The fourth-order valence-corrected chi connectivity index (χ4v) is 6.68. The minimum Gasteiger partial charge on any atom is -0.396 e. The van der Waals surface area contributed by atoms with Gasteiger partial charge in [0, 0.05) is 67.8 Å². The highest BCUT2D eigenvalue weighted by Crippen LogP contribution is 2.33. The summed E-state index contributed by atoms with van der Waals surface area (Å²) in [5.41, 5.74) is 0. The third-order valence-corrected chi connectivity index (χ3v) is 7.73. The molecule has 3 saturated heterocycles. The molecule has 0 saturated carbocycles. The molecule has 0 unspecified atom stereocenters. The van der Waals surface area contributed by atoms with Crippen LogP contribution in [0.15, 0.2) is 0 Å². The third-order valence-electron chi connectivity index (χ3n) is 5.24. The number of aliphatic hydroxyl groups is 1. The van der Waals surface area contributed by atoms with Crippen molar-refractivity contribution in [2.45, 2.75) is 37.8 Å². The standard InChI is InChI=1S/C16H28N2O2S2/c19-7-1-5-18-15-4-6-17(10-13(15)2-3-16(18)20)14-11-21-8-9-22-12-14/h13-15,19H,1-12H2/t13-,15+/m0/s1. The maximum atomic E-state index is 12.2. The lowest BCUT2D eigenvalue weighted by molar-refractivity contribution is -0.141. The first kappa shape index (κ1) is 16.9. The number of amides is 1. The van der Waals surface area contributed by atoms with Crippen molar-refractivity contribution in [2.24, 2.45) is 5.92 Å². The molecule has 3 aliphatic rings. The smallest absolute Gasteiger partial charge is 0.222 e. The molecule has 0 aromatic carbocycles. The van der Waals surface area contributed by atoms with Gasteiger partial charge in [0.05, 0.1) is 0 Å². The van der Waals surface area contributed by atoms with Gasteiger partial charge >= 0.3 is 0 Å². The van der Waals surface area contributed by atoms with Crippen molar-refractivity contribution in [3.63, 3.8) is 0 Å². The normalized spacial score (nSPS) is 31.9. The first-order valence-corrected chi connectivity index (χ1v) is 10.9. The summed E-state index contributed by atoms with van der Waals surface area (Å²) >= 11 is 4.21. The van der Waals surface area contributed by atoms with E-state index in [1.807, 2.05) is 0 Å². The largest absolute Gasteiger partial charge is 0.396 e. The average Bonchev–Trinajstić information content (AvgIpc) is 2.83. The van der Waals surface area contributed by atoms with Gasteiger partial charge in [0.2, 0.25) is 5.91 Å². The molecule has 1 amide bonds. The molecule has 0 bridgehead atoms. The molecule has 0 aliphatic carbocycles. The lowest BCUT2D eigenvalue weighted by Crippen LogP contribution is -2.58. The molecule has 2 atom stereocenters. The number of thioether (sulfide) groups is 2. The van der Waals surface area contributed by atoms with E-state index >= 15 is 0 Å². The van der Waals surface area contributed by atoms with Crippen molar-refractivity contribution < 1.29 is 9.90 Å². The van der Waals surface area contributed by atoms with E-state index in [0.717, 1.165) is 32.0 Å². The molecule has 0 spiro atoms. The van der Waals surface area contributed by atoms with Crippen molar-refractivity contribution in [3.05, 3.63) is 0 Å². The number of hydrogen-bond acceptors (Lipinski definition) is 5. The van der Waals surface area contributed by atoms with E-state index in [9.17, 15) is 4.79 Å². The Morgan fingerprint density at radius 1 is 1.18 bits per heavy atom. The average molecular weight is 345 g/mol. The SMILES string of the molecule is O=C1CC[C@H]2CN(C3CSCCSC3)CC[C@H]2N1CCCO. The predicted molar refractivity (Wildman–Crippen MR) is 94.6 cm³/mol. The lowest BCUT2D eigenvalue weighted by atomic mass is 9.83. The molecule has 0 aromatic heterocycles. The quantitative estimate of drug-likeness (QED) is 0.838. The third kappa shape index (κ3) is 3.94. The molecule has 1 N–H and O–H groups in total. The van der Waals surface area contributed by atoms with Crippen molar-refractivity contribution in [1.29, 1.82) is 0 Å². The number of hydrogen-bond donors (Lipinski definition) is 1. The maximum absolute atomic E-state index is 12.2. The summed E-state index contributed by atoms with van der Waals surface area (Å²) in [6.45, 7) is 3.23. The molecule has 126 valence electrons. The van der Waals surface area contributed by atoms with Crippen LogP contribution in [0.2, 0.25) is 0 Å². The molecule has 0 radical (unpaired) electrons. The Balaban J connectivity index is 1.59. The van der Waals surface area contributed by atoms with Gasteiger partial charge in [0.1, 0.15) is 0 Å². The Morgan fingerprint density at radius 2 is 1.95 bits per heavy atom. The number of fused-ring (bicyclic) bond motifs is 1. The number of likely N-dealkylation sites (tertiary alicyclic amines) is 2. The number of carbonyl (C=O) groups is 1. The van der Waals surface area contributed by atoms with Crippen LogP contribution in [0.1, 0.15) is 25.7 Å². The van der Waals surface area contributed by atoms with E-state index in [0.29, 0.717) is 30.7 Å². The first-order valence-electron chi connectivity index (χ1n) is 8.59. The summed E-state index contributed by atoms with van der Waals surface area (Å²) in [6.07, 6.45) is 3.60. The van der Waals surface area contributed by atoms with Crippen molar-refractivity contribution >= 4 is 29.4 Å². The topological polar surface area (TPSA) is 43.8 Å². The van der Waals surface area contributed by atoms with Crippen LogP contribution in [0.3, 0.4) is 0 Å². The lowest BCUT2D eigenvalue weighted by Gasteiger charge is -2.48. The Kier molecular flexibility index (Phi) is 6.36. The van der Waals surface area contributed by atoms with Crippen LogP contribution in [-0.4, -0.2) is 82.1 Å². The van der Waals surface area contributed by atoms with Crippen LogP contribution in [-0.2, 0) is 4.79 Å². The van der Waals surface area contributed by atoms with E-state index in [2.05, 4.69) is 33.3 Å². The van der Waals surface area contributed by atoms with Crippen LogP contribution in [0.4, 0.5) is 0 Å². The summed E-state index contributed by atoms with van der Waals surface area (Å²) < 4.78 is 0. The van der Waals surface area contributed by atoms with Gasteiger partial charge in [-0.05, 0) is 25.2 Å². The Morgan fingerprint density at radius 3 is 2.68 bits per heavy atom. The Labute approximate surface area is 142 Å². The Bertz CT molecular complexity index is 375. The summed E-state index contributed by atoms with van der Waals surface area (Å²) in [5, 5.41) is 9.07. The van der Waals surface area contributed by atoms with E-state index in [4.69, 9.17) is 5.11 Å². The summed E-state index contributed by atoms with van der Waals surface area (Å²) in [6, 6.07) is 1.15. The van der Waals surface area contributed by atoms with E-state index in [1.165, 1.54) is 29.6 Å². The number of rotatable bonds is 4. The highest BCUT2D eigenvalue weighted by molar-refractivity contribution is 8.03. The van der Waals surface area contributed by atoms with Crippen molar-refractivity contribution in [3.8, 4) is 0 Å². The van der Waals surface area contributed by atoms with Crippen LogP contribution >= 0.6 is 23.5 Å². The summed E-state index contributed by atoms with van der Waals surface area (Å²) in [4.78, 5) is 17.0. The van der Waals surface area contributed by atoms with Gasteiger partial charge in [0.15, 0.2) is 0 Å². The molecule has 0 aromatic rings. The number of nitrogens with zero attached hydrogens (tertiary/aromatic N) is 2. The molecule has 6 heteroatoms. The zero-order valence-electron chi connectivity index (χ0n) is 13.3. The number of piperidine rings is 2. The number of carbonyl (C=O) groups excluding carboxylic acids is 1. The zero-order chi connectivity index (χ0) is 15.4. The van der Waals surface area contributed by atoms with E-state index in [1.54, 1.807) is 0 Å². The first-order chi connectivity index (χ1) is 10.8. The van der Waals surface area contributed by atoms with Gasteiger partial charge in [-0.15, -0.1) is 0 Å². The Hall–Kier alpha value is 0.0900. The fourth-order valence-electron chi connectivity index (χ4n) is 4.06. The van der Waals surface area contributed by atoms with Crippen molar-refractivity contribution in [2.75, 3.05) is 49.3 Å². The van der Waals surface area contributed by atoms with E-state index < -0.39 is 0 Å². The second kappa shape index (κ2) is 8.27. The highest BCUT2D eigenvalue weighted by atomic mass is 32.2. The molecule has 22 heavy (non-hydrogen) atoms. The minimum atomic E-state index is 0.184. The molecule has 3 heterocycles. The highest BCUT2D eigenvalue weighted by Gasteiger charge is 2.40. The summed E-state index contributed by atoms with van der Waals surface area (Å²) in [7, 11) is 0. The van der Waals surface area contributed by atoms with Crippen LogP contribution < -0.4 is 0 Å². The maximum Gasteiger partial charge on any atom is 0.222 e. The van der Waals surface area contributed by atoms with Crippen molar-refractivity contribution in [1.82, 2.24) is 9.80 Å². The fraction of sp³-hybridized carbons (Fsp3) is 0.938. The second-order valence-corrected chi connectivity index (χ2v) is 8.92. The second-order valence-electron chi connectivity index (χ2n) is 6.62. The van der Waals surface area contributed by atoms with E-state index in [-0.39, 0.29) is 6.61 Å². The molecular weight excluding hydrogens is 316 g/mol. The number of aliphatic hydroxyl groups excluding tert-OH is 1. The predicted octanol–water partition coefficient (Wildman–Crippen LogP) is 1.53. The summed E-state index contributed by atoms with van der Waals surface area (Å²) in [5.74, 6) is 6.09. The van der Waals surface area contributed by atoms with Crippen LogP contribution in [0.5, 0.6) is 0 Å². The molecular formula is C16H28N2O2S2. The van der Waals surface area contributed by atoms with Gasteiger partial charge in [-0.2, -0.15) is 23.5 Å². The van der Waals surface area contributed by atoms with Crippen LogP contribution in [0, 0.1) is 5.92 Å². The minimum absolute atomic E-state index is 0.184. The van der Waals surface area contributed by atoms with Gasteiger partial charge in [-0.25, -0.2) is 0 Å². The molecule has 3 aliphatic heterocycles. The van der Waals surface area contributed by atoms with Crippen LogP contribution in [0.25, 0.3) is 0 Å². The molecule has 3 rings (SSSR count). The monoisotopic (exact) mass is 344 g/mol. The van der Waals surface area contributed by atoms with Gasteiger partial charge in [-0.1, -0.05) is 0 Å². The molecule has 3 fully saturated rings. The zero-order valence-corrected chi connectivity index (χ0v) is 14.9.